The standard InChI is InChI=1S/C20H25N5O3/c1-12(2)16-9-18(28-23-16)20(27)25-7-4-5-17(25)19-21-10-14-11-24(13(3)26)8-6-15(14)22-19/h9-10,12,17H,4-8,11H2,1-3H3. The summed E-state index contributed by atoms with van der Waals surface area (Å²) in [6, 6.07) is 1.57. The molecule has 2 aromatic rings. The van der Waals surface area contributed by atoms with Crippen LogP contribution < -0.4 is 0 Å². The predicted octanol–water partition coefficient (Wildman–Crippen LogP) is 2.47. The van der Waals surface area contributed by atoms with Crippen molar-refractivity contribution in [1.82, 2.24) is 24.9 Å². The molecular formula is C20H25N5O3. The van der Waals surface area contributed by atoms with E-state index in [1.807, 2.05) is 13.8 Å². The first-order valence-corrected chi connectivity index (χ1v) is 9.82. The van der Waals surface area contributed by atoms with Gasteiger partial charge in [-0.3, -0.25) is 9.59 Å². The van der Waals surface area contributed by atoms with Gasteiger partial charge in [0.2, 0.25) is 11.7 Å². The fraction of sp³-hybridized carbons (Fsp3) is 0.550. The molecule has 8 heteroatoms. The lowest BCUT2D eigenvalue weighted by Gasteiger charge is -2.28. The van der Waals surface area contributed by atoms with Crippen LogP contribution in [0.25, 0.3) is 0 Å². The summed E-state index contributed by atoms with van der Waals surface area (Å²) in [5.41, 5.74) is 2.74. The van der Waals surface area contributed by atoms with Gasteiger partial charge in [-0.1, -0.05) is 19.0 Å². The van der Waals surface area contributed by atoms with Crippen molar-refractivity contribution in [3.05, 3.63) is 40.8 Å². The van der Waals surface area contributed by atoms with Crippen LogP contribution in [0.15, 0.2) is 16.8 Å². The molecule has 4 heterocycles. The Hall–Kier alpha value is -2.77. The van der Waals surface area contributed by atoms with Crippen LogP contribution >= 0.6 is 0 Å². The Balaban J connectivity index is 1.55. The van der Waals surface area contributed by atoms with Gasteiger partial charge in [0.15, 0.2) is 5.82 Å². The molecule has 1 fully saturated rings. The minimum absolute atomic E-state index is 0.0649. The fourth-order valence-electron chi connectivity index (χ4n) is 3.84. The van der Waals surface area contributed by atoms with Gasteiger partial charge in [0.1, 0.15) is 0 Å². The van der Waals surface area contributed by atoms with E-state index >= 15 is 0 Å². The Morgan fingerprint density at radius 1 is 1.29 bits per heavy atom. The smallest absolute Gasteiger partial charge is 0.293 e. The summed E-state index contributed by atoms with van der Waals surface area (Å²) < 4.78 is 5.29. The maximum absolute atomic E-state index is 13.0. The second-order valence-electron chi connectivity index (χ2n) is 7.82. The molecule has 2 aliphatic rings. The van der Waals surface area contributed by atoms with E-state index in [0.29, 0.717) is 31.9 Å². The van der Waals surface area contributed by atoms with Crippen molar-refractivity contribution < 1.29 is 14.1 Å². The highest BCUT2D eigenvalue weighted by atomic mass is 16.5. The molecule has 0 N–H and O–H groups in total. The van der Waals surface area contributed by atoms with Gasteiger partial charge < -0.3 is 14.3 Å². The lowest BCUT2D eigenvalue weighted by atomic mass is 10.1. The summed E-state index contributed by atoms with van der Waals surface area (Å²) in [7, 11) is 0. The normalized spacial score (nSPS) is 19.2. The molecule has 0 aromatic carbocycles. The monoisotopic (exact) mass is 383 g/mol. The average Bonchev–Trinajstić information content (AvgIpc) is 3.36. The van der Waals surface area contributed by atoms with Crippen LogP contribution in [0, 0.1) is 0 Å². The fourth-order valence-corrected chi connectivity index (χ4v) is 3.84. The second-order valence-corrected chi connectivity index (χ2v) is 7.82. The van der Waals surface area contributed by atoms with Crippen molar-refractivity contribution in [1.29, 1.82) is 0 Å². The third-order valence-electron chi connectivity index (χ3n) is 5.54. The number of hydrogen-bond acceptors (Lipinski definition) is 6. The lowest BCUT2D eigenvalue weighted by molar-refractivity contribution is -0.129. The second kappa shape index (κ2) is 7.33. The van der Waals surface area contributed by atoms with E-state index in [9.17, 15) is 9.59 Å². The number of likely N-dealkylation sites (tertiary alicyclic amines) is 1. The van der Waals surface area contributed by atoms with Crippen LogP contribution in [0.2, 0.25) is 0 Å². The van der Waals surface area contributed by atoms with Crippen molar-refractivity contribution in [3.63, 3.8) is 0 Å². The van der Waals surface area contributed by atoms with E-state index in [4.69, 9.17) is 9.51 Å². The topological polar surface area (TPSA) is 92.4 Å². The minimum atomic E-state index is -0.161. The van der Waals surface area contributed by atoms with Gasteiger partial charge in [-0.25, -0.2) is 9.97 Å². The van der Waals surface area contributed by atoms with Crippen LogP contribution in [0.1, 0.15) is 78.9 Å². The third kappa shape index (κ3) is 3.39. The van der Waals surface area contributed by atoms with Crippen LogP contribution in [0.4, 0.5) is 0 Å². The molecular weight excluding hydrogens is 358 g/mol. The largest absolute Gasteiger partial charge is 0.351 e. The van der Waals surface area contributed by atoms with Crippen molar-refractivity contribution in [3.8, 4) is 0 Å². The molecule has 0 saturated carbocycles. The molecule has 1 saturated heterocycles. The minimum Gasteiger partial charge on any atom is -0.351 e. The van der Waals surface area contributed by atoms with Crippen LogP contribution in [-0.2, 0) is 17.8 Å². The zero-order chi connectivity index (χ0) is 19.8. The van der Waals surface area contributed by atoms with Gasteiger partial charge in [0, 0.05) is 50.8 Å². The third-order valence-corrected chi connectivity index (χ3v) is 5.54. The Kier molecular flexibility index (Phi) is 4.87. The zero-order valence-electron chi connectivity index (χ0n) is 16.5. The number of nitrogens with zero attached hydrogens (tertiary/aromatic N) is 5. The highest BCUT2D eigenvalue weighted by Crippen LogP contribution is 2.32. The Morgan fingerprint density at radius 3 is 2.82 bits per heavy atom. The predicted molar refractivity (Wildman–Crippen MR) is 100 cm³/mol. The van der Waals surface area contributed by atoms with Crippen molar-refractivity contribution >= 4 is 11.8 Å². The summed E-state index contributed by atoms with van der Waals surface area (Å²) in [6.45, 7) is 7.48. The summed E-state index contributed by atoms with van der Waals surface area (Å²) in [5, 5.41) is 4.00. The first kappa shape index (κ1) is 18.6. The molecule has 0 bridgehead atoms. The van der Waals surface area contributed by atoms with Crippen LogP contribution in [0.5, 0.6) is 0 Å². The molecule has 4 rings (SSSR count). The Morgan fingerprint density at radius 2 is 2.11 bits per heavy atom. The molecule has 28 heavy (non-hydrogen) atoms. The summed E-state index contributed by atoms with van der Waals surface area (Å²) >= 11 is 0. The lowest BCUT2D eigenvalue weighted by Crippen LogP contribution is -2.36. The number of carbonyl (C=O) groups excluding carboxylic acids is 2. The highest BCUT2D eigenvalue weighted by Gasteiger charge is 2.35. The number of fused-ring (bicyclic) bond motifs is 1. The molecule has 1 unspecified atom stereocenters. The highest BCUT2D eigenvalue weighted by molar-refractivity contribution is 5.92. The van der Waals surface area contributed by atoms with Gasteiger partial charge in [-0.2, -0.15) is 0 Å². The number of rotatable bonds is 3. The molecule has 2 amide bonds. The van der Waals surface area contributed by atoms with E-state index in [1.165, 1.54) is 0 Å². The maximum Gasteiger partial charge on any atom is 0.293 e. The van der Waals surface area contributed by atoms with Crippen molar-refractivity contribution in [2.24, 2.45) is 0 Å². The molecule has 148 valence electrons. The van der Waals surface area contributed by atoms with Crippen molar-refractivity contribution in [2.75, 3.05) is 13.1 Å². The maximum atomic E-state index is 13.0. The molecule has 1 atom stereocenters. The van der Waals surface area contributed by atoms with Gasteiger partial charge in [0.25, 0.3) is 5.91 Å². The van der Waals surface area contributed by atoms with Gasteiger partial charge in [0.05, 0.1) is 17.4 Å². The van der Waals surface area contributed by atoms with Crippen LogP contribution in [0.3, 0.4) is 0 Å². The molecule has 0 aliphatic carbocycles. The first-order valence-electron chi connectivity index (χ1n) is 9.82. The Bertz CT molecular complexity index is 907. The SMILES string of the molecule is CC(=O)N1CCc2nc(C3CCCN3C(=O)c3cc(C(C)C)no3)ncc2C1. The average molecular weight is 383 g/mol. The molecule has 0 radical (unpaired) electrons. The van der Waals surface area contributed by atoms with E-state index in [0.717, 1.165) is 29.8 Å². The summed E-state index contributed by atoms with van der Waals surface area (Å²) in [6.07, 6.45) is 4.25. The van der Waals surface area contributed by atoms with E-state index in [-0.39, 0.29) is 29.5 Å². The van der Waals surface area contributed by atoms with Gasteiger partial charge >= 0.3 is 0 Å². The quantitative estimate of drug-likeness (QED) is 0.808. The number of aromatic nitrogens is 3. The zero-order valence-corrected chi connectivity index (χ0v) is 16.5. The molecule has 2 aromatic heterocycles. The first-order chi connectivity index (χ1) is 13.4. The molecule has 8 nitrogen and oxygen atoms in total. The molecule has 2 aliphatic heterocycles. The Labute approximate surface area is 163 Å². The number of carbonyl (C=O) groups is 2. The molecule has 0 spiro atoms. The summed E-state index contributed by atoms with van der Waals surface area (Å²) in [4.78, 5) is 37.5. The summed E-state index contributed by atoms with van der Waals surface area (Å²) in [5.74, 6) is 1.05. The van der Waals surface area contributed by atoms with Gasteiger partial charge in [-0.05, 0) is 18.8 Å². The number of hydrogen-bond donors (Lipinski definition) is 0. The van der Waals surface area contributed by atoms with Crippen LogP contribution in [-0.4, -0.2) is 49.8 Å². The number of amides is 2. The van der Waals surface area contributed by atoms with Crippen molar-refractivity contribution in [2.45, 2.75) is 58.5 Å². The van der Waals surface area contributed by atoms with E-state index < -0.39 is 0 Å². The van der Waals surface area contributed by atoms with E-state index in [1.54, 1.807) is 29.0 Å². The van der Waals surface area contributed by atoms with Gasteiger partial charge in [-0.15, -0.1) is 0 Å². The van der Waals surface area contributed by atoms with E-state index in [2.05, 4.69) is 10.1 Å².